The number of aryl methyl sites for hydroxylation is 2. The summed E-state index contributed by atoms with van der Waals surface area (Å²) in [6, 6.07) is 0. The molecule has 1 heterocycles. The number of rotatable bonds is 3. The third-order valence-corrected chi connectivity index (χ3v) is 3.27. The molecule has 1 aromatic heterocycles. The van der Waals surface area contributed by atoms with Crippen molar-refractivity contribution >= 4 is 11.6 Å². The maximum absolute atomic E-state index is 6.28. The molecule has 4 heteroatoms. The second kappa shape index (κ2) is 4.30. The highest BCUT2D eigenvalue weighted by molar-refractivity contribution is 6.21. The molecule has 0 aromatic carbocycles. The summed E-state index contributed by atoms with van der Waals surface area (Å²) in [6.07, 6.45) is 3.70. The van der Waals surface area contributed by atoms with Crippen LogP contribution in [0.4, 0.5) is 0 Å². The lowest BCUT2D eigenvalue weighted by atomic mass is 9.89. The largest absolute Gasteiger partial charge is 0.252 e. The van der Waals surface area contributed by atoms with Gasteiger partial charge in [0.2, 0.25) is 0 Å². The molecule has 0 aliphatic heterocycles. The van der Waals surface area contributed by atoms with Crippen molar-refractivity contribution in [2.45, 2.75) is 39.0 Å². The van der Waals surface area contributed by atoms with Gasteiger partial charge in [-0.2, -0.15) is 0 Å². The number of alkyl halides is 1. The van der Waals surface area contributed by atoms with Crippen molar-refractivity contribution in [3.8, 4) is 0 Å². The molecule has 0 saturated carbocycles. The number of aromatic nitrogens is 3. The summed E-state index contributed by atoms with van der Waals surface area (Å²) in [6.45, 7) is 6.48. The first-order valence-electron chi connectivity index (χ1n) is 4.89. The van der Waals surface area contributed by atoms with Crippen molar-refractivity contribution in [1.82, 2.24) is 15.0 Å². The summed E-state index contributed by atoms with van der Waals surface area (Å²) in [7, 11) is 1.91. The summed E-state index contributed by atoms with van der Waals surface area (Å²) < 4.78 is 1.80. The zero-order valence-corrected chi connectivity index (χ0v) is 10.0. The highest BCUT2D eigenvalue weighted by atomic mass is 35.5. The number of hydrogen-bond donors (Lipinski definition) is 0. The average molecular weight is 216 g/mol. The van der Waals surface area contributed by atoms with E-state index in [9.17, 15) is 0 Å². The monoisotopic (exact) mass is 215 g/mol. The van der Waals surface area contributed by atoms with E-state index in [2.05, 4.69) is 31.1 Å². The van der Waals surface area contributed by atoms with Crippen LogP contribution in [0.1, 0.15) is 32.9 Å². The van der Waals surface area contributed by atoms with Gasteiger partial charge in [-0.1, -0.05) is 26.0 Å². The summed E-state index contributed by atoms with van der Waals surface area (Å²) in [5.41, 5.74) is 1.30. The molecule has 1 unspecified atom stereocenters. The van der Waals surface area contributed by atoms with Crippen molar-refractivity contribution < 1.29 is 0 Å². The van der Waals surface area contributed by atoms with Gasteiger partial charge in [-0.25, -0.2) is 0 Å². The lowest BCUT2D eigenvalue weighted by Gasteiger charge is -2.24. The van der Waals surface area contributed by atoms with Crippen molar-refractivity contribution in [2.24, 2.45) is 12.5 Å². The van der Waals surface area contributed by atoms with E-state index < -0.39 is 0 Å². The van der Waals surface area contributed by atoms with E-state index >= 15 is 0 Å². The van der Waals surface area contributed by atoms with Crippen LogP contribution in [0.25, 0.3) is 0 Å². The van der Waals surface area contributed by atoms with Gasteiger partial charge in [-0.3, -0.25) is 4.68 Å². The Morgan fingerprint density at radius 2 is 2.14 bits per heavy atom. The Kier molecular flexibility index (Phi) is 3.53. The Bertz CT molecular complexity index is 288. The molecule has 1 rings (SSSR count). The normalized spacial score (nSPS) is 14.4. The van der Waals surface area contributed by atoms with Crippen LogP contribution >= 0.6 is 11.6 Å². The molecule has 80 valence electrons. The fraction of sp³-hybridized carbons (Fsp3) is 0.800. The molecular weight excluding hydrogens is 198 g/mol. The molecule has 1 aromatic rings. The van der Waals surface area contributed by atoms with Gasteiger partial charge >= 0.3 is 0 Å². The van der Waals surface area contributed by atoms with Crippen LogP contribution in [0, 0.1) is 5.41 Å². The fourth-order valence-electron chi connectivity index (χ4n) is 1.24. The molecule has 0 N–H and O–H groups in total. The van der Waals surface area contributed by atoms with Crippen molar-refractivity contribution in [3.05, 3.63) is 11.9 Å². The highest BCUT2D eigenvalue weighted by Gasteiger charge is 2.22. The molecule has 0 fully saturated rings. The zero-order valence-electron chi connectivity index (χ0n) is 9.29. The smallest absolute Gasteiger partial charge is 0.0724 e. The Labute approximate surface area is 90.4 Å². The predicted octanol–water partition coefficient (Wildman–Crippen LogP) is 2.40. The molecular formula is C10H18ClN3. The topological polar surface area (TPSA) is 30.7 Å². The van der Waals surface area contributed by atoms with Crippen LogP contribution in [0.15, 0.2) is 6.20 Å². The first-order chi connectivity index (χ1) is 6.41. The fourth-order valence-corrected chi connectivity index (χ4v) is 1.35. The van der Waals surface area contributed by atoms with Gasteiger partial charge in [-0.15, -0.1) is 16.7 Å². The van der Waals surface area contributed by atoms with Crippen LogP contribution in [0.2, 0.25) is 0 Å². The molecule has 0 radical (unpaired) electrons. The second-order valence-electron chi connectivity index (χ2n) is 4.72. The Morgan fingerprint density at radius 1 is 1.50 bits per heavy atom. The molecule has 0 aliphatic carbocycles. The second-order valence-corrected chi connectivity index (χ2v) is 5.25. The number of hydrogen-bond acceptors (Lipinski definition) is 2. The van der Waals surface area contributed by atoms with E-state index in [1.807, 2.05) is 7.05 Å². The van der Waals surface area contributed by atoms with Gasteiger partial charge in [0.15, 0.2) is 0 Å². The predicted molar refractivity (Wildman–Crippen MR) is 58.4 cm³/mol. The minimum absolute atomic E-state index is 0.160. The highest BCUT2D eigenvalue weighted by Crippen LogP contribution is 2.27. The van der Waals surface area contributed by atoms with Crippen LogP contribution in [0.3, 0.4) is 0 Å². The minimum atomic E-state index is 0.160. The van der Waals surface area contributed by atoms with E-state index in [-0.39, 0.29) is 10.8 Å². The third kappa shape index (κ3) is 2.98. The zero-order chi connectivity index (χ0) is 10.8. The van der Waals surface area contributed by atoms with Gasteiger partial charge in [0.05, 0.1) is 11.9 Å². The first kappa shape index (κ1) is 11.5. The van der Waals surface area contributed by atoms with Gasteiger partial charge in [0.1, 0.15) is 0 Å². The molecule has 0 amide bonds. The quantitative estimate of drug-likeness (QED) is 0.725. The minimum Gasteiger partial charge on any atom is -0.252 e. The van der Waals surface area contributed by atoms with Crippen LogP contribution in [0.5, 0.6) is 0 Å². The van der Waals surface area contributed by atoms with Crippen LogP contribution in [-0.4, -0.2) is 20.4 Å². The maximum Gasteiger partial charge on any atom is 0.0724 e. The average Bonchev–Trinajstić information content (AvgIpc) is 2.45. The molecule has 14 heavy (non-hydrogen) atoms. The Hall–Kier alpha value is -0.570. The SMILES string of the molecule is Cn1nncc1CCC(Cl)C(C)(C)C. The summed E-state index contributed by atoms with van der Waals surface area (Å²) in [4.78, 5) is 0. The van der Waals surface area contributed by atoms with Gasteiger partial charge in [-0.05, 0) is 18.3 Å². The first-order valence-corrected chi connectivity index (χ1v) is 5.32. The Morgan fingerprint density at radius 3 is 2.57 bits per heavy atom. The lowest BCUT2D eigenvalue weighted by molar-refractivity contribution is 0.372. The molecule has 3 nitrogen and oxygen atoms in total. The maximum atomic E-state index is 6.28. The Balaban J connectivity index is 2.46. The molecule has 0 aliphatic rings. The van der Waals surface area contributed by atoms with E-state index in [0.717, 1.165) is 18.5 Å². The molecule has 0 saturated heterocycles. The van der Waals surface area contributed by atoms with Gasteiger partial charge in [0.25, 0.3) is 0 Å². The van der Waals surface area contributed by atoms with Gasteiger partial charge in [0, 0.05) is 12.4 Å². The van der Waals surface area contributed by atoms with Crippen molar-refractivity contribution in [2.75, 3.05) is 0 Å². The summed E-state index contributed by atoms with van der Waals surface area (Å²) >= 11 is 6.28. The van der Waals surface area contributed by atoms with E-state index in [4.69, 9.17) is 11.6 Å². The molecule has 0 spiro atoms. The molecule has 0 bridgehead atoms. The standard InChI is InChI=1S/C10H18ClN3/c1-10(2,3)9(11)6-5-8-7-12-13-14(8)4/h7,9H,5-6H2,1-4H3. The van der Waals surface area contributed by atoms with Gasteiger partial charge < -0.3 is 0 Å². The van der Waals surface area contributed by atoms with Crippen molar-refractivity contribution in [1.29, 1.82) is 0 Å². The number of halogens is 1. The van der Waals surface area contributed by atoms with Crippen molar-refractivity contribution in [3.63, 3.8) is 0 Å². The molecule has 1 atom stereocenters. The van der Waals surface area contributed by atoms with E-state index in [1.165, 1.54) is 0 Å². The van der Waals surface area contributed by atoms with Crippen LogP contribution in [-0.2, 0) is 13.5 Å². The van der Waals surface area contributed by atoms with E-state index in [1.54, 1.807) is 10.9 Å². The summed E-state index contributed by atoms with van der Waals surface area (Å²) in [5.74, 6) is 0. The number of nitrogens with zero attached hydrogens (tertiary/aromatic N) is 3. The van der Waals surface area contributed by atoms with E-state index in [0.29, 0.717) is 0 Å². The summed E-state index contributed by atoms with van der Waals surface area (Å²) in [5, 5.41) is 7.90. The third-order valence-electron chi connectivity index (χ3n) is 2.40. The van der Waals surface area contributed by atoms with Crippen LogP contribution < -0.4 is 0 Å². The lowest BCUT2D eigenvalue weighted by Crippen LogP contribution is -2.21.